The average Bonchev–Trinajstić information content (AvgIpc) is 3.65. The van der Waals surface area contributed by atoms with Crippen LogP contribution < -0.4 is 10.6 Å². The highest BCUT2D eigenvalue weighted by molar-refractivity contribution is 5.87. The van der Waals surface area contributed by atoms with Crippen LogP contribution in [0, 0.1) is 34.5 Å². The van der Waals surface area contributed by atoms with Crippen molar-refractivity contribution in [2.24, 2.45) is 22.7 Å². The fraction of sp³-hybridized carbons (Fsp3) is 0.522. The summed E-state index contributed by atoms with van der Waals surface area (Å²) < 4.78 is 15.6. The molecule has 0 bridgehead atoms. The molecule has 5 heterocycles. The van der Waals surface area contributed by atoms with Crippen LogP contribution in [-0.2, 0) is 23.8 Å². The SMILES string of the molecule is COC(=O)N[C@H](C(=O)N1CC2(CC2)C[C@H]1c1ncc(-c2ccc(C#Cc3ccc4nc([C@@H]5C[C@]6(CCCOC6)CN5C(=O)[C@@H](NC(=O)OC)C(C)C)[nH]c4c3)cc2)[nH]1)C(C)C. The summed E-state index contributed by atoms with van der Waals surface area (Å²) in [6, 6.07) is 11.8. The fourth-order valence-electron chi connectivity index (χ4n) is 9.35. The zero-order valence-corrected chi connectivity index (χ0v) is 35.8. The van der Waals surface area contributed by atoms with Crippen LogP contribution in [0.1, 0.15) is 101 Å². The largest absolute Gasteiger partial charge is 0.453 e. The molecular weight excluding hydrogens is 777 g/mol. The van der Waals surface area contributed by atoms with E-state index in [4.69, 9.17) is 24.2 Å². The highest BCUT2D eigenvalue weighted by Gasteiger charge is 2.55. The van der Waals surface area contributed by atoms with E-state index in [1.54, 1.807) is 0 Å². The van der Waals surface area contributed by atoms with Gasteiger partial charge in [0.2, 0.25) is 11.8 Å². The number of carbonyl (C=O) groups is 4. The number of hydrogen-bond donors (Lipinski definition) is 4. The van der Waals surface area contributed by atoms with Gasteiger partial charge in [-0.05, 0) is 91.7 Å². The van der Waals surface area contributed by atoms with Gasteiger partial charge in [0.25, 0.3) is 0 Å². The lowest BCUT2D eigenvalue weighted by atomic mass is 9.80. The van der Waals surface area contributed by atoms with Gasteiger partial charge in [-0.3, -0.25) is 9.59 Å². The Morgan fingerprint density at radius 3 is 1.97 bits per heavy atom. The number of H-pyrrole nitrogens is 2. The van der Waals surface area contributed by atoms with E-state index in [1.165, 1.54) is 14.2 Å². The number of imidazole rings is 2. The van der Waals surface area contributed by atoms with E-state index in [0.717, 1.165) is 71.3 Å². The Bertz CT molecular complexity index is 2350. The van der Waals surface area contributed by atoms with Crippen LogP contribution in [0.15, 0.2) is 48.7 Å². The molecule has 1 saturated carbocycles. The Morgan fingerprint density at radius 1 is 0.787 bits per heavy atom. The second kappa shape index (κ2) is 16.9. The Kier molecular flexibility index (Phi) is 11.6. The molecule has 4 aliphatic rings. The number of carbonyl (C=O) groups excluding carboxylic acids is 4. The maximum absolute atomic E-state index is 14.1. The van der Waals surface area contributed by atoms with Crippen molar-refractivity contribution in [3.05, 3.63) is 71.4 Å². The zero-order valence-electron chi connectivity index (χ0n) is 35.8. The number of nitrogens with one attached hydrogen (secondary N) is 4. The van der Waals surface area contributed by atoms with Crippen LogP contribution in [0.4, 0.5) is 9.59 Å². The molecule has 2 aromatic heterocycles. The summed E-state index contributed by atoms with van der Waals surface area (Å²) in [6.07, 6.45) is 6.12. The van der Waals surface area contributed by atoms with Crippen LogP contribution in [0.3, 0.4) is 0 Å². The van der Waals surface area contributed by atoms with Crippen molar-refractivity contribution in [3.8, 4) is 23.1 Å². The highest BCUT2D eigenvalue weighted by atomic mass is 16.5. The maximum Gasteiger partial charge on any atom is 0.407 e. The molecular formula is C46H56N8O7. The van der Waals surface area contributed by atoms with Gasteiger partial charge < -0.3 is 44.6 Å². The smallest absolute Gasteiger partial charge is 0.407 e. The topological polar surface area (TPSA) is 184 Å². The molecule has 15 nitrogen and oxygen atoms in total. The van der Waals surface area contributed by atoms with Crippen molar-refractivity contribution in [3.63, 3.8) is 0 Å². The predicted molar refractivity (Wildman–Crippen MR) is 227 cm³/mol. The first-order chi connectivity index (χ1) is 29.3. The second-order valence-corrected chi connectivity index (χ2v) is 18.1. The maximum atomic E-state index is 14.1. The van der Waals surface area contributed by atoms with Gasteiger partial charge in [0.05, 0.1) is 55.8 Å². The first-order valence-electron chi connectivity index (χ1n) is 21.3. The Labute approximate surface area is 356 Å². The number of methoxy groups -OCH3 is 2. The van der Waals surface area contributed by atoms with Crippen molar-refractivity contribution in [1.29, 1.82) is 0 Å². The van der Waals surface area contributed by atoms with Crippen molar-refractivity contribution in [2.45, 2.75) is 90.4 Å². The number of likely N-dealkylation sites (tertiary alicyclic amines) is 2. The molecule has 61 heavy (non-hydrogen) atoms. The van der Waals surface area contributed by atoms with Gasteiger partial charge in [0.15, 0.2) is 0 Å². The van der Waals surface area contributed by atoms with Crippen LogP contribution in [-0.4, -0.2) is 106 Å². The van der Waals surface area contributed by atoms with Crippen LogP contribution in [0.2, 0.25) is 0 Å². The molecule has 0 radical (unpaired) electrons. The van der Waals surface area contributed by atoms with E-state index in [9.17, 15) is 19.2 Å². The third kappa shape index (κ3) is 8.68. The molecule has 0 unspecified atom stereocenters. The minimum absolute atomic E-state index is 0.110. The second-order valence-electron chi connectivity index (χ2n) is 18.1. The monoisotopic (exact) mass is 832 g/mol. The molecule has 4 fully saturated rings. The molecule has 4 amide bonds. The molecule has 322 valence electrons. The summed E-state index contributed by atoms with van der Waals surface area (Å²) in [5, 5.41) is 5.49. The standard InChI is InChI=1S/C46H56N8O7/c1-27(2)37(51-43(57)59-5)41(55)53-24-45(17-18-45)21-35(53)39-47-23-34(50-39)31-13-10-29(11-14-31)8-9-30-12-15-32-33(20-30)49-40(48-32)36-22-46(16-7-19-61-26-46)25-54(36)42(56)38(28(3)4)52-44(58)60-6/h10-15,20,23,27-28,35-38H,7,16-19,21-22,24-26H2,1-6H3,(H,47,50)(H,48,49)(H,51,57)(H,52,58)/t35-,36-,37-,38-,46+/m0/s1. The summed E-state index contributed by atoms with van der Waals surface area (Å²) in [4.78, 5) is 72.8. The molecule has 3 saturated heterocycles. The predicted octanol–water partition coefficient (Wildman–Crippen LogP) is 6.24. The number of aromatic nitrogens is 4. The molecule has 5 atom stereocenters. The molecule has 1 aliphatic carbocycles. The van der Waals surface area contributed by atoms with E-state index in [-0.39, 0.29) is 46.6 Å². The van der Waals surface area contributed by atoms with Gasteiger partial charge >= 0.3 is 12.2 Å². The van der Waals surface area contributed by atoms with Crippen LogP contribution in [0.25, 0.3) is 22.3 Å². The van der Waals surface area contributed by atoms with Gasteiger partial charge in [-0.15, -0.1) is 0 Å². The molecule has 8 rings (SSSR count). The Morgan fingerprint density at radius 2 is 1.38 bits per heavy atom. The summed E-state index contributed by atoms with van der Waals surface area (Å²) >= 11 is 0. The minimum atomic E-state index is -0.747. The zero-order chi connectivity index (χ0) is 43.1. The van der Waals surface area contributed by atoms with Crippen molar-refractivity contribution >= 4 is 35.0 Å². The van der Waals surface area contributed by atoms with Gasteiger partial charge in [-0.1, -0.05) is 51.7 Å². The van der Waals surface area contributed by atoms with E-state index < -0.39 is 24.3 Å². The third-order valence-electron chi connectivity index (χ3n) is 13.0. The van der Waals surface area contributed by atoms with Gasteiger partial charge in [-0.2, -0.15) is 0 Å². The molecule has 2 spiro atoms. The number of aromatic amines is 2. The summed E-state index contributed by atoms with van der Waals surface area (Å²) in [5.74, 6) is 7.47. The van der Waals surface area contributed by atoms with Crippen molar-refractivity contribution in [2.75, 3.05) is 40.5 Å². The number of benzene rings is 2. The summed E-state index contributed by atoms with van der Waals surface area (Å²) in [7, 11) is 2.59. The quantitative estimate of drug-likeness (QED) is 0.142. The third-order valence-corrected chi connectivity index (χ3v) is 13.0. The van der Waals surface area contributed by atoms with E-state index in [0.29, 0.717) is 38.5 Å². The van der Waals surface area contributed by atoms with Crippen LogP contribution in [0.5, 0.6) is 0 Å². The van der Waals surface area contributed by atoms with Gasteiger partial charge in [-0.25, -0.2) is 19.6 Å². The van der Waals surface area contributed by atoms with Gasteiger partial charge in [0.1, 0.15) is 23.7 Å². The molecule has 4 N–H and O–H groups in total. The number of nitrogens with zero attached hydrogens (tertiary/aromatic N) is 4. The molecule has 3 aliphatic heterocycles. The Hall–Kier alpha value is -5.88. The number of ether oxygens (including phenoxy) is 3. The molecule has 2 aromatic carbocycles. The summed E-state index contributed by atoms with van der Waals surface area (Å²) in [6.45, 7) is 10.1. The lowest BCUT2D eigenvalue weighted by Gasteiger charge is -2.33. The normalized spacial score (nSPS) is 22.6. The molecule has 4 aromatic rings. The Balaban J connectivity index is 0.973. The lowest BCUT2D eigenvalue weighted by Crippen LogP contribution is -2.51. The summed E-state index contributed by atoms with van der Waals surface area (Å²) in [5.41, 5.74) is 4.97. The number of alkyl carbamates (subject to hydrolysis) is 2. The number of rotatable bonds is 9. The first kappa shape index (κ1) is 41.8. The fourth-order valence-corrected chi connectivity index (χ4v) is 9.35. The number of amides is 4. The van der Waals surface area contributed by atoms with Crippen molar-refractivity contribution in [1.82, 2.24) is 40.4 Å². The molecule has 15 heteroatoms. The van der Waals surface area contributed by atoms with Crippen LogP contribution >= 0.6 is 0 Å². The first-order valence-corrected chi connectivity index (χ1v) is 21.3. The number of hydrogen-bond acceptors (Lipinski definition) is 9. The van der Waals surface area contributed by atoms with E-state index in [1.807, 2.05) is 86.2 Å². The van der Waals surface area contributed by atoms with E-state index in [2.05, 4.69) is 32.4 Å². The highest BCUT2D eigenvalue weighted by Crippen LogP contribution is 2.58. The lowest BCUT2D eigenvalue weighted by molar-refractivity contribution is -0.136. The van der Waals surface area contributed by atoms with Gasteiger partial charge in [0, 0.05) is 36.2 Å². The van der Waals surface area contributed by atoms with E-state index >= 15 is 0 Å². The van der Waals surface area contributed by atoms with Crippen molar-refractivity contribution < 1.29 is 33.4 Å². The number of fused-ring (bicyclic) bond motifs is 1. The minimum Gasteiger partial charge on any atom is -0.453 e. The average molecular weight is 833 g/mol.